The number of hydrogen-bond donors (Lipinski definition) is 3. The number of piperidine rings is 1. The number of nitrogens with zero attached hydrogens (tertiary/aromatic N) is 3. The molecule has 2 aliphatic heterocycles. The van der Waals surface area contributed by atoms with Crippen LogP contribution in [-0.2, 0) is 9.53 Å². The maximum absolute atomic E-state index is 12.5. The van der Waals surface area contributed by atoms with E-state index in [9.17, 15) is 18.0 Å². The Labute approximate surface area is 193 Å². The third-order valence-electron chi connectivity index (χ3n) is 6.52. The summed E-state index contributed by atoms with van der Waals surface area (Å²) < 4.78 is 43.6. The van der Waals surface area contributed by atoms with Crippen LogP contribution in [0.15, 0.2) is 24.4 Å². The minimum atomic E-state index is -4.56. The zero-order valence-corrected chi connectivity index (χ0v) is 18.1. The molecule has 1 aromatic carbocycles. The lowest BCUT2D eigenvalue weighted by atomic mass is 9.82. The summed E-state index contributed by atoms with van der Waals surface area (Å²) >= 11 is 0. The highest BCUT2D eigenvalue weighted by Crippen LogP contribution is 2.37. The molecule has 8 nitrogen and oxygen atoms in total. The zero-order chi connectivity index (χ0) is 23.9. The Morgan fingerprint density at radius 2 is 2.06 bits per heavy atom. The summed E-state index contributed by atoms with van der Waals surface area (Å²) in [5.74, 6) is 0.0732. The highest BCUT2D eigenvalue weighted by Gasteiger charge is 2.41. The largest absolute Gasteiger partial charge is 0.482 e. The van der Waals surface area contributed by atoms with Crippen molar-refractivity contribution < 1.29 is 27.8 Å². The molecule has 0 saturated carbocycles. The smallest absolute Gasteiger partial charge is 0.481 e. The summed E-state index contributed by atoms with van der Waals surface area (Å²) in [6, 6.07) is 10.1. The first-order chi connectivity index (χ1) is 16.2. The van der Waals surface area contributed by atoms with Gasteiger partial charge in [-0.15, -0.1) is 0 Å². The van der Waals surface area contributed by atoms with Crippen molar-refractivity contribution in [2.24, 2.45) is 5.92 Å². The summed E-state index contributed by atoms with van der Waals surface area (Å²) in [5, 5.41) is 10.6. The number of ether oxygens (including phenoxy) is 1. The number of fused-ring (bicyclic) bond motifs is 1. The van der Waals surface area contributed by atoms with Crippen LogP contribution in [0.25, 0.3) is 22.4 Å². The summed E-state index contributed by atoms with van der Waals surface area (Å²) in [6.07, 6.45) is 0.132. The van der Waals surface area contributed by atoms with Gasteiger partial charge in [-0.1, -0.05) is 0 Å². The maximum atomic E-state index is 12.5. The number of alkyl halides is 3. The highest BCUT2D eigenvalue weighted by atomic mass is 19.4. The fourth-order valence-corrected chi connectivity index (χ4v) is 4.56. The molecule has 2 saturated heterocycles. The molecule has 2 aromatic heterocycles. The Bertz CT molecular complexity index is 1180. The molecule has 0 aliphatic carbocycles. The molecule has 0 bridgehead atoms. The van der Waals surface area contributed by atoms with Crippen LogP contribution in [0.3, 0.4) is 0 Å². The Kier molecular flexibility index (Phi) is 5.48. The van der Waals surface area contributed by atoms with Gasteiger partial charge in [0.15, 0.2) is 0 Å². The van der Waals surface area contributed by atoms with Crippen LogP contribution in [0.5, 0.6) is 0 Å². The van der Waals surface area contributed by atoms with Crippen molar-refractivity contribution in [2.75, 3.05) is 29.9 Å². The second-order valence-electron chi connectivity index (χ2n) is 8.74. The van der Waals surface area contributed by atoms with E-state index in [1.165, 1.54) is 11.4 Å². The fraction of sp³-hybridized carbons (Fsp3) is 0.435. The Morgan fingerprint density at radius 1 is 1.26 bits per heavy atom. The topological polar surface area (TPSA) is 103 Å². The molecular weight excluding hydrogens is 451 g/mol. The van der Waals surface area contributed by atoms with Crippen molar-refractivity contribution in [3.05, 3.63) is 36.5 Å². The van der Waals surface area contributed by atoms with Crippen LogP contribution in [0.4, 0.5) is 24.7 Å². The van der Waals surface area contributed by atoms with Crippen LogP contribution in [-0.4, -0.2) is 57.6 Å². The molecule has 3 N–H and O–H groups in total. The molecule has 0 amide bonds. The number of nitrogens with one attached hydrogen (secondary N) is 2. The third kappa shape index (κ3) is 4.59. The van der Waals surface area contributed by atoms with Crippen molar-refractivity contribution >= 4 is 28.5 Å². The molecular formula is C23H22F3N5O3. The minimum Gasteiger partial charge on any atom is -0.481 e. The first kappa shape index (κ1) is 22.3. The standard InChI is InChI=1S/C23H22F3N5O3/c24-23(25,26)30-16-2-3-17-18(11-16)29-20(28-17)14-1-4-19(27-12-14)31-9-7-22(8-10-31)6-5-15(13-34-22)21(32)33/h1,4,11-12,15,30H,5-10,13H2,(H,28,29)(H,32,33). The number of rotatable bonds is 4. The summed E-state index contributed by atoms with van der Waals surface area (Å²) in [4.78, 5) is 25.3. The van der Waals surface area contributed by atoms with E-state index < -0.39 is 18.2 Å². The molecule has 1 atom stereocenters. The molecule has 0 radical (unpaired) electrons. The zero-order valence-electron chi connectivity index (χ0n) is 18.1. The van der Waals surface area contributed by atoms with E-state index >= 15 is 0 Å². The number of halogens is 3. The lowest BCUT2D eigenvalue weighted by Gasteiger charge is -2.45. The molecule has 178 valence electrons. The molecule has 3 aromatic rings. The van der Waals surface area contributed by atoms with Crippen molar-refractivity contribution in [2.45, 2.75) is 37.6 Å². The molecule has 2 fully saturated rings. The van der Waals surface area contributed by atoms with Crippen LogP contribution in [0.2, 0.25) is 0 Å². The molecule has 2 aliphatic rings. The molecule has 34 heavy (non-hydrogen) atoms. The number of H-pyrrole nitrogens is 1. The quantitative estimate of drug-likeness (QED) is 0.492. The minimum absolute atomic E-state index is 0.246. The van der Waals surface area contributed by atoms with Gasteiger partial charge >= 0.3 is 12.3 Å². The van der Waals surface area contributed by atoms with Gasteiger partial charge in [-0.3, -0.25) is 10.1 Å². The van der Waals surface area contributed by atoms with Gasteiger partial charge in [0.1, 0.15) is 22.7 Å². The van der Waals surface area contributed by atoms with Crippen LogP contribution >= 0.6 is 0 Å². The molecule has 1 spiro atoms. The molecule has 1 unspecified atom stereocenters. The number of carboxylic acid groups (broad SMARTS) is 1. The third-order valence-corrected chi connectivity index (χ3v) is 6.52. The van der Waals surface area contributed by atoms with Gasteiger partial charge in [0.2, 0.25) is 0 Å². The highest BCUT2D eigenvalue weighted by molar-refractivity contribution is 5.80. The van der Waals surface area contributed by atoms with Crippen LogP contribution < -0.4 is 10.2 Å². The van der Waals surface area contributed by atoms with Gasteiger partial charge in [-0.2, -0.15) is 13.2 Å². The normalized spacial score (nSPS) is 20.3. The SMILES string of the molecule is O=C(O)C1CCC2(CCN(c3ccc(-c4nc5cc(NC(F)(F)F)c#cc5[nH]4)cn3)CC2)OC1. The lowest BCUT2D eigenvalue weighted by molar-refractivity contribution is -0.158. The number of aliphatic carboxylic acids is 1. The van der Waals surface area contributed by atoms with E-state index in [1.807, 2.05) is 12.1 Å². The van der Waals surface area contributed by atoms with Gasteiger partial charge in [0, 0.05) is 24.8 Å². The average molecular weight is 473 g/mol. The second-order valence-corrected chi connectivity index (χ2v) is 8.74. The summed E-state index contributed by atoms with van der Waals surface area (Å²) in [5.41, 5.74) is 0.982. The van der Waals surface area contributed by atoms with Crippen molar-refractivity contribution in [3.63, 3.8) is 0 Å². The number of aromatic amines is 1. The number of carbonyl (C=O) groups is 1. The van der Waals surface area contributed by atoms with Crippen LogP contribution in [0, 0.1) is 18.1 Å². The molecule has 11 heteroatoms. The monoisotopic (exact) mass is 473 g/mol. The fourth-order valence-electron chi connectivity index (χ4n) is 4.56. The van der Waals surface area contributed by atoms with Gasteiger partial charge in [-0.25, -0.2) is 9.97 Å². The predicted molar refractivity (Wildman–Crippen MR) is 117 cm³/mol. The van der Waals surface area contributed by atoms with E-state index in [4.69, 9.17) is 9.84 Å². The summed E-state index contributed by atoms with van der Waals surface area (Å²) in [7, 11) is 0. The maximum Gasteiger partial charge on any atom is 0.482 e. The number of imidazole rings is 1. The van der Waals surface area contributed by atoms with Crippen LogP contribution in [0.1, 0.15) is 25.7 Å². The number of aromatic nitrogens is 3. The average Bonchev–Trinajstić information content (AvgIpc) is 3.22. The van der Waals surface area contributed by atoms with Gasteiger partial charge in [0.05, 0.1) is 23.8 Å². The van der Waals surface area contributed by atoms with Gasteiger partial charge in [0.25, 0.3) is 0 Å². The Morgan fingerprint density at radius 3 is 2.68 bits per heavy atom. The van der Waals surface area contributed by atoms with E-state index in [1.54, 1.807) is 6.20 Å². The first-order valence-corrected chi connectivity index (χ1v) is 11.0. The number of pyridine rings is 1. The lowest BCUT2D eigenvalue weighted by Crippen LogP contribution is -2.50. The number of carboxylic acids is 1. The summed E-state index contributed by atoms with van der Waals surface area (Å²) in [6.45, 7) is 1.78. The predicted octanol–water partition coefficient (Wildman–Crippen LogP) is 4.01. The first-order valence-electron chi connectivity index (χ1n) is 11.0. The van der Waals surface area contributed by atoms with Crippen molar-refractivity contribution in [1.82, 2.24) is 15.0 Å². The van der Waals surface area contributed by atoms with E-state index in [-0.39, 0.29) is 17.9 Å². The Hall–Kier alpha value is -3.52. The van der Waals surface area contributed by atoms with E-state index in [0.29, 0.717) is 28.8 Å². The van der Waals surface area contributed by atoms with E-state index in [2.05, 4.69) is 32.0 Å². The number of hydrogen-bond acceptors (Lipinski definition) is 6. The van der Waals surface area contributed by atoms with Crippen molar-refractivity contribution in [1.29, 1.82) is 0 Å². The molecule has 5 rings (SSSR count). The molecule has 4 heterocycles. The van der Waals surface area contributed by atoms with E-state index in [0.717, 1.165) is 38.2 Å². The Balaban J connectivity index is 1.24. The number of anilines is 2. The van der Waals surface area contributed by atoms with Crippen molar-refractivity contribution in [3.8, 4) is 11.4 Å². The second kappa shape index (κ2) is 8.36. The van der Waals surface area contributed by atoms with Gasteiger partial charge < -0.3 is 19.7 Å². The van der Waals surface area contributed by atoms with Gasteiger partial charge in [-0.05, 0) is 56.0 Å².